The molecule has 72 heavy (non-hydrogen) atoms. The smallest absolute Gasteiger partial charge is 0.187 e. The second kappa shape index (κ2) is 30.8. The molecule has 0 amide bonds. The summed E-state index contributed by atoms with van der Waals surface area (Å²) in [6, 6.07) is 0. The van der Waals surface area contributed by atoms with Crippen LogP contribution in [0.1, 0.15) is 19.8 Å². The van der Waals surface area contributed by atoms with Gasteiger partial charge in [0.25, 0.3) is 0 Å². The molecular weight excluding hydrogens is 964 g/mol. The Morgan fingerprint density at radius 1 is 0.306 bits per heavy atom. The van der Waals surface area contributed by atoms with Gasteiger partial charge in [0.1, 0.15) is 24.4 Å². The summed E-state index contributed by atoms with van der Waals surface area (Å²) in [6.45, 7) is -1.81. The van der Waals surface area contributed by atoms with Crippen LogP contribution in [0.3, 0.4) is 0 Å². The van der Waals surface area contributed by atoms with E-state index in [0.29, 0.717) is 0 Å². The van der Waals surface area contributed by atoms with Crippen LogP contribution in [0.15, 0.2) is 0 Å². The fourth-order valence-electron chi connectivity index (χ4n) is 11.6. The van der Waals surface area contributed by atoms with E-state index < -0.39 is 178 Å². The molecule has 5 aliphatic rings. The fourth-order valence-corrected chi connectivity index (χ4v) is 11.6. The molecule has 0 aromatic rings. The van der Waals surface area contributed by atoms with Crippen LogP contribution in [0.25, 0.3) is 0 Å². The zero-order valence-electron chi connectivity index (χ0n) is 42.9. The lowest BCUT2D eigenvalue weighted by molar-refractivity contribution is -0.391. The first kappa shape index (κ1) is 61.8. The molecule has 0 radical (unpaired) electrons. The third-order valence-electron chi connectivity index (χ3n) is 15.3. The Morgan fingerprint density at radius 2 is 0.583 bits per heavy atom. The number of methoxy groups -OCH3 is 7. The molecule has 25 nitrogen and oxygen atoms in total. The molecule has 5 fully saturated rings. The number of rotatable bonds is 29. The topological polar surface area (TPSA) is 330 Å². The van der Waals surface area contributed by atoms with Crippen molar-refractivity contribution in [3.63, 3.8) is 0 Å². The summed E-state index contributed by atoms with van der Waals surface area (Å²) in [5.41, 5.74) is 0. The van der Waals surface area contributed by atoms with Gasteiger partial charge < -0.3 is 122 Å². The lowest BCUT2D eigenvalue weighted by Crippen LogP contribution is -2.67. The van der Waals surface area contributed by atoms with E-state index in [1.165, 1.54) is 49.8 Å². The van der Waals surface area contributed by atoms with Crippen molar-refractivity contribution in [2.75, 3.05) is 129 Å². The van der Waals surface area contributed by atoms with Crippen LogP contribution in [0.4, 0.5) is 0 Å². The van der Waals surface area contributed by atoms with Crippen molar-refractivity contribution in [1.82, 2.24) is 0 Å². The Balaban J connectivity index is 1.51. The molecule has 5 aliphatic heterocycles. The van der Waals surface area contributed by atoms with Crippen LogP contribution >= 0.6 is 0 Å². The van der Waals surface area contributed by atoms with Crippen LogP contribution in [-0.4, -0.2) is 286 Å². The predicted molar refractivity (Wildman–Crippen MR) is 245 cm³/mol. The summed E-state index contributed by atoms with van der Waals surface area (Å²) in [5, 5.41) is 94.8. The molecule has 25 heteroatoms. The normalized spacial score (nSPS) is 44.0. The van der Waals surface area contributed by atoms with E-state index in [1.807, 2.05) is 0 Å². The van der Waals surface area contributed by atoms with E-state index in [-0.39, 0.29) is 65.7 Å². The first-order valence-corrected chi connectivity index (χ1v) is 24.9. The van der Waals surface area contributed by atoms with Crippen molar-refractivity contribution in [2.45, 2.75) is 130 Å². The summed E-state index contributed by atoms with van der Waals surface area (Å²) in [5.74, 6) is -5.06. The molecule has 0 aromatic heterocycles. The van der Waals surface area contributed by atoms with Gasteiger partial charge in [-0.15, -0.1) is 0 Å². The standard InChI is InChI=1S/C47H86O25/c1-23-36(26(15-52)24(13-50)31(64-23)9-11-48)69-45-41(61-6)38(29(18-55)33(66-45)20-57-2)71-47-43(63-8)39(30(19-56)35(68-47)22-59-4)72-46-42(62-7)37(28(17-54)34(67-46)21-58-3)70-44-40(60-5)27(16-53)25(14-51)32(65-44)10-12-49/h23-56H,9-22H2,1-8H3/t23-,24+,25+,26+,27+,28-,29-,30-,31?,32?,33?,34?,35?,36?,37+,38+,39+,40?,41?,42?,43?,44-,45-,46-,47-/m1/s1. The Labute approximate surface area is 421 Å². The molecule has 0 aromatic carbocycles. The van der Waals surface area contributed by atoms with Gasteiger partial charge in [-0.1, -0.05) is 0 Å². The maximum absolute atomic E-state index is 11.1. The second-order valence-corrected chi connectivity index (χ2v) is 19.1. The van der Waals surface area contributed by atoms with Crippen LogP contribution in [0, 0.1) is 41.4 Å². The van der Waals surface area contributed by atoms with E-state index in [4.69, 9.17) is 75.8 Å². The Morgan fingerprint density at radius 3 is 0.875 bits per heavy atom. The highest BCUT2D eigenvalue weighted by atomic mass is 16.8. The second-order valence-electron chi connectivity index (χ2n) is 19.1. The molecule has 0 aliphatic carbocycles. The average molecular weight is 1050 g/mol. The number of aliphatic hydroxyl groups excluding tert-OH is 9. The highest BCUT2D eigenvalue weighted by Crippen LogP contribution is 2.43. The van der Waals surface area contributed by atoms with Gasteiger partial charge >= 0.3 is 0 Å². The van der Waals surface area contributed by atoms with E-state index in [0.717, 1.165) is 0 Å². The SMILES string of the molecule is COCC1O[C@H](O[C@@H]2C(OC)[C@@H](O[C@@H]3C(OC)[C@@H](OC4[C@@H](CO)[C@H](CO)C(CCO)O[C@@H]4C)OC(COC)[C@H]3CO)OC(COC)[C@H]2CO)C(OC)[C@@H](O[C@H]2OC(CCO)[C@@H](CO)[C@H](CO)C2OC)[C@@H]1CO. The number of aliphatic hydroxyl groups is 9. The fraction of sp³-hybridized carbons (Fsp3) is 1.00. The van der Waals surface area contributed by atoms with Crippen LogP contribution in [-0.2, 0) is 75.8 Å². The monoisotopic (exact) mass is 1050 g/mol. The Kier molecular flexibility index (Phi) is 26.5. The Bertz CT molecular complexity index is 1480. The van der Waals surface area contributed by atoms with Crippen molar-refractivity contribution in [1.29, 1.82) is 0 Å². The van der Waals surface area contributed by atoms with E-state index in [2.05, 4.69) is 0 Å². The maximum Gasteiger partial charge on any atom is 0.187 e. The van der Waals surface area contributed by atoms with Gasteiger partial charge in [-0.3, -0.25) is 0 Å². The van der Waals surface area contributed by atoms with E-state index >= 15 is 0 Å². The van der Waals surface area contributed by atoms with Crippen molar-refractivity contribution in [3.05, 3.63) is 0 Å². The van der Waals surface area contributed by atoms with E-state index in [1.54, 1.807) is 6.92 Å². The number of hydrogen-bond donors (Lipinski definition) is 9. The molecule has 9 N–H and O–H groups in total. The third kappa shape index (κ3) is 13.8. The highest BCUT2D eigenvalue weighted by Gasteiger charge is 2.58. The van der Waals surface area contributed by atoms with Gasteiger partial charge in [-0.25, -0.2) is 0 Å². The summed E-state index contributed by atoms with van der Waals surface area (Å²) in [4.78, 5) is 0. The van der Waals surface area contributed by atoms with Crippen LogP contribution in [0.2, 0.25) is 0 Å². The van der Waals surface area contributed by atoms with Gasteiger partial charge in [-0.05, 0) is 19.8 Å². The summed E-state index contributed by atoms with van der Waals surface area (Å²) >= 11 is 0. The molecule has 5 heterocycles. The molecular formula is C47H86O25. The summed E-state index contributed by atoms with van der Waals surface area (Å²) < 4.78 is 100. The largest absolute Gasteiger partial charge is 0.396 e. The molecule has 424 valence electrons. The Hall–Kier alpha value is -1.00. The number of ether oxygens (including phenoxy) is 16. The van der Waals surface area contributed by atoms with Crippen molar-refractivity contribution in [3.8, 4) is 0 Å². The van der Waals surface area contributed by atoms with Crippen molar-refractivity contribution >= 4 is 0 Å². The van der Waals surface area contributed by atoms with Crippen molar-refractivity contribution in [2.24, 2.45) is 41.4 Å². The minimum Gasteiger partial charge on any atom is -0.396 e. The zero-order valence-corrected chi connectivity index (χ0v) is 42.9. The minimum absolute atomic E-state index is 0.0247. The molecule has 5 saturated heterocycles. The molecule has 0 bridgehead atoms. The number of hydrogen-bond acceptors (Lipinski definition) is 25. The summed E-state index contributed by atoms with van der Waals surface area (Å²) in [6.07, 6.45) is -17.9. The highest BCUT2D eigenvalue weighted by molar-refractivity contribution is 5.00. The van der Waals surface area contributed by atoms with Gasteiger partial charge in [0, 0.05) is 131 Å². The first-order chi connectivity index (χ1) is 34.9. The predicted octanol–water partition coefficient (Wildman–Crippen LogP) is -3.76. The third-order valence-corrected chi connectivity index (χ3v) is 15.3. The summed E-state index contributed by atoms with van der Waals surface area (Å²) in [7, 11) is 10.0. The first-order valence-electron chi connectivity index (χ1n) is 24.9. The van der Waals surface area contributed by atoms with Gasteiger partial charge in [-0.2, -0.15) is 0 Å². The molecule has 10 unspecified atom stereocenters. The molecule has 25 atom stereocenters. The molecule has 0 spiro atoms. The molecule has 5 rings (SSSR count). The van der Waals surface area contributed by atoms with Crippen molar-refractivity contribution < 1.29 is 122 Å². The average Bonchev–Trinajstić information content (AvgIpc) is 3.37. The lowest BCUT2D eigenvalue weighted by atomic mass is 9.79. The van der Waals surface area contributed by atoms with E-state index in [9.17, 15) is 46.0 Å². The molecule has 0 saturated carbocycles. The van der Waals surface area contributed by atoms with Crippen LogP contribution in [0.5, 0.6) is 0 Å². The van der Waals surface area contributed by atoms with Gasteiger partial charge in [0.2, 0.25) is 0 Å². The van der Waals surface area contributed by atoms with Crippen LogP contribution < -0.4 is 0 Å². The maximum atomic E-state index is 11.1. The van der Waals surface area contributed by atoms with Gasteiger partial charge in [0.15, 0.2) is 25.2 Å². The lowest BCUT2D eigenvalue weighted by Gasteiger charge is -2.53. The quantitative estimate of drug-likeness (QED) is 0.0347. The van der Waals surface area contributed by atoms with Gasteiger partial charge in [0.05, 0.1) is 101 Å². The zero-order chi connectivity index (χ0) is 52.6. The minimum atomic E-state index is -1.35.